The second-order valence-corrected chi connectivity index (χ2v) is 5.54. The van der Waals surface area contributed by atoms with Crippen LogP contribution in [0.15, 0.2) is 18.2 Å². The highest BCUT2D eigenvalue weighted by Crippen LogP contribution is 2.32. The van der Waals surface area contributed by atoms with Crippen LogP contribution < -0.4 is 11.1 Å². The lowest BCUT2D eigenvalue weighted by molar-refractivity contribution is -0.138. The molecular weight excluding hydrogens is 330 g/mol. The number of halogens is 4. The molecule has 0 aromatic heterocycles. The van der Waals surface area contributed by atoms with Crippen LogP contribution in [-0.2, 0) is 22.3 Å². The smallest absolute Gasteiger partial charge is 0.369 e. The van der Waals surface area contributed by atoms with Crippen molar-refractivity contribution in [1.29, 1.82) is 0 Å². The minimum atomic E-state index is -4.72. The molecule has 0 atom stereocenters. The normalized spacial score (nSPS) is 11.8. The molecule has 5 nitrogen and oxygen atoms in total. The summed E-state index contributed by atoms with van der Waals surface area (Å²) in [4.78, 5) is 24.3. The molecule has 0 radical (unpaired) electrons. The fourth-order valence-corrected chi connectivity index (χ4v) is 2.02. The molecule has 24 heavy (non-hydrogen) atoms. The van der Waals surface area contributed by atoms with Crippen LogP contribution in [0.4, 0.5) is 17.6 Å². The number of rotatable bonds is 7. The molecule has 134 valence electrons. The maximum Gasteiger partial charge on any atom is 0.416 e. The van der Waals surface area contributed by atoms with E-state index in [9.17, 15) is 27.2 Å². The fourth-order valence-electron chi connectivity index (χ4n) is 2.02. The predicted molar refractivity (Wildman–Crippen MR) is 79.2 cm³/mol. The first-order chi connectivity index (χ1) is 11.0. The molecule has 2 amide bonds. The molecule has 0 unspecified atom stereocenters. The first-order valence-electron chi connectivity index (χ1n) is 7.15. The average Bonchev–Trinajstić information content (AvgIpc) is 2.43. The van der Waals surface area contributed by atoms with Gasteiger partial charge in [-0.15, -0.1) is 0 Å². The Morgan fingerprint density at radius 3 is 2.38 bits per heavy atom. The van der Waals surface area contributed by atoms with E-state index < -0.39 is 35.9 Å². The molecule has 0 fully saturated rings. The van der Waals surface area contributed by atoms with E-state index >= 15 is 0 Å². The molecular formula is C15H19F4N3O2. The van der Waals surface area contributed by atoms with Crippen molar-refractivity contribution < 1.29 is 27.2 Å². The lowest BCUT2D eigenvalue weighted by atomic mass is 10.1. The summed E-state index contributed by atoms with van der Waals surface area (Å²) in [6.45, 7) is 2.75. The highest BCUT2D eigenvalue weighted by atomic mass is 19.4. The Bertz CT molecular complexity index is 603. The van der Waals surface area contributed by atoms with E-state index in [0.29, 0.717) is 6.07 Å². The molecule has 0 aliphatic heterocycles. The third-order valence-electron chi connectivity index (χ3n) is 3.29. The number of amides is 2. The zero-order valence-electron chi connectivity index (χ0n) is 13.3. The van der Waals surface area contributed by atoms with Crippen LogP contribution in [-0.4, -0.2) is 35.8 Å². The summed E-state index contributed by atoms with van der Waals surface area (Å²) in [7, 11) is 0. The second kappa shape index (κ2) is 8.09. The van der Waals surface area contributed by atoms with Crippen LogP contribution in [0, 0.1) is 5.82 Å². The Kier molecular flexibility index (Phi) is 6.70. The minimum Gasteiger partial charge on any atom is -0.369 e. The second-order valence-electron chi connectivity index (χ2n) is 5.54. The van der Waals surface area contributed by atoms with E-state index in [0.717, 1.165) is 12.1 Å². The number of carbonyl (C=O) groups excluding carboxylic acids is 2. The number of alkyl halides is 3. The summed E-state index contributed by atoms with van der Waals surface area (Å²) in [5.41, 5.74) is 3.70. The highest BCUT2D eigenvalue weighted by molar-refractivity contribution is 5.80. The van der Waals surface area contributed by atoms with Gasteiger partial charge in [-0.05, 0) is 31.5 Å². The molecule has 3 N–H and O–H groups in total. The van der Waals surface area contributed by atoms with Gasteiger partial charge in [-0.2, -0.15) is 13.2 Å². The number of benzene rings is 1. The predicted octanol–water partition coefficient (Wildman–Crippen LogP) is 1.66. The first-order valence-corrected chi connectivity index (χ1v) is 7.15. The summed E-state index contributed by atoms with van der Waals surface area (Å²) in [5.74, 6) is -2.19. The Morgan fingerprint density at radius 2 is 1.88 bits per heavy atom. The lowest BCUT2D eigenvalue weighted by Crippen LogP contribution is -2.44. The van der Waals surface area contributed by atoms with Gasteiger partial charge in [-0.1, -0.05) is 6.07 Å². The fraction of sp³-hybridized carbons (Fsp3) is 0.467. The summed E-state index contributed by atoms with van der Waals surface area (Å²) in [5, 5.41) is 2.33. The van der Waals surface area contributed by atoms with Crippen molar-refractivity contribution in [2.45, 2.75) is 32.6 Å². The van der Waals surface area contributed by atoms with Crippen molar-refractivity contribution in [3.8, 4) is 0 Å². The largest absolute Gasteiger partial charge is 0.416 e. The molecule has 0 saturated carbocycles. The molecule has 0 bridgehead atoms. The number of hydrogen-bond acceptors (Lipinski definition) is 3. The molecule has 0 aliphatic rings. The number of hydrogen-bond donors (Lipinski definition) is 2. The Morgan fingerprint density at radius 1 is 1.25 bits per heavy atom. The Hall–Kier alpha value is -2.16. The van der Waals surface area contributed by atoms with Crippen molar-refractivity contribution in [3.63, 3.8) is 0 Å². The Balaban J connectivity index is 2.75. The lowest BCUT2D eigenvalue weighted by Gasteiger charge is -2.24. The van der Waals surface area contributed by atoms with E-state index in [1.807, 2.05) is 0 Å². The zero-order chi connectivity index (χ0) is 18.5. The molecule has 1 aromatic rings. The molecule has 0 spiro atoms. The van der Waals surface area contributed by atoms with Crippen LogP contribution in [0.25, 0.3) is 0 Å². The summed E-state index contributed by atoms with van der Waals surface area (Å²) in [6.07, 6.45) is -4.72. The number of nitrogens with zero attached hydrogens (tertiary/aromatic N) is 1. The molecule has 1 aromatic carbocycles. The van der Waals surface area contributed by atoms with Gasteiger partial charge in [-0.25, -0.2) is 4.39 Å². The SMILES string of the molecule is CC(C)N(CC(N)=O)CC(=O)NCc1ccc(F)cc1C(F)(F)F. The molecule has 1 rings (SSSR count). The molecule has 0 saturated heterocycles. The van der Waals surface area contributed by atoms with Crippen LogP contribution >= 0.6 is 0 Å². The van der Waals surface area contributed by atoms with Crippen LogP contribution in [0.2, 0.25) is 0 Å². The van der Waals surface area contributed by atoms with Crippen LogP contribution in [0.3, 0.4) is 0 Å². The van der Waals surface area contributed by atoms with Gasteiger partial charge in [0, 0.05) is 12.6 Å². The summed E-state index contributed by atoms with van der Waals surface area (Å²) in [6, 6.07) is 2.10. The van der Waals surface area contributed by atoms with Gasteiger partial charge in [0.05, 0.1) is 18.7 Å². The quantitative estimate of drug-likeness (QED) is 0.735. The van der Waals surface area contributed by atoms with Gasteiger partial charge in [0.2, 0.25) is 11.8 Å². The van der Waals surface area contributed by atoms with Crippen molar-refractivity contribution in [2.75, 3.05) is 13.1 Å². The van der Waals surface area contributed by atoms with Crippen LogP contribution in [0.1, 0.15) is 25.0 Å². The van der Waals surface area contributed by atoms with E-state index in [1.165, 1.54) is 4.90 Å². The minimum absolute atomic E-state index is 0.143. The van der Waals surface area contributed by atoms with Crippen molar-refractivity contribution in [1.82, 2.24) is 10.2 Å². The van der Waals surface area contributed by atoms with Crippen molar-refractivity contribution in [2.24, 2.45) is 5.73 Å². The van der Waals surface area contributed by atoms with Crippen molar-refractivity contribution >= 4 is 11.8 Å². The van der Waals surface area contributed by atoms with E-state index in [2.05, 4.69) is 5.32 Å². The molecule has 0 aliphatic carbocycles. The van der Waals surface area contributed by atoms with Gasteiger partial charge in [0.15, 0.2) is 0 Å². The van der Waals surface area contributed by atoms with Gasteiger partial charge in [-0.3, -0.25) is 14.5 Å². The number of carbonyl (C=O) groups is 2. The third-order valence-corrected chi connectivity index (χ3v) is 3.29. The van der Waals surface area contributed by atoms with E-state index in [4.69, 9.17) is 5.73 Å². The van der Waals surface area contributed by atoms with Crippen molar-refractivity contribution in [3.05, 3.63) is 35.1 Å². The molecule has 9 heteroatoms. The maximum atomic E-state index is 13.0. The summed E-state index contributed by atoms with van der Waals surface area (Å²) >= 11 is 0. The topological polar surface area (TPSA) is 75.4 Å². The zero-order valence-corrected chi connectivity index (χ0v) is 13.3. The molecule has 0 heterocycles. The van der Waals surface area contributed by atoms with Gasteiger partial charge < -0.3 is 11.1 Å². The highest BCUT2D eigenvalue weighted by Gasteiger charge is 2.33. The van der Waals surface area contributed by atoms with Crippen LogP contribution in [0.5, 0.6) is 0 Å². The van der Waals surface area contributed by atoms with E-state index in [1.54, 1.807) is 13.8 Å². The average molecular weight is 349 g/mol. The number of nitrogens with two attached hydrogens (primary N) is 1. The monoisotopic (exact) mass is 349 g/mol. The van der Waals surface area contributed by atoms with Gasteiger partial charge in [0.1, 0.15) is 5.82 Å². The van der Waals surface area contributed by atoms with Gasteiger partial charge >= 0.3 is 6.18 Å². The Labute approximate surface area is 136 Å². The maximum absolute atomic E-state index is 13.0. The standard InChI is InChI=1S/C15H19F4N3O2/c1-9(2)22(7-13(20)23)8-14(24)21-6-10-3-4-11(16)5-12(10)15(17,18)19/h3-5,9H,6-8H2,1-2H3,(H2,20,23)(H,21,24). The van der Waals surface area contributed by atoms with Gasteiger partial charge in [0.25, 0.3) is 0 Å². The first kappa shape index (κ1) is 19.9. The summed E-state index contributed by atoms with van der Waals surface area (Å²) < 4.78 is 51.6. The number of nitrogens with one attached hydrogen (secondary N) is 1. The third kappa shape index (κ3) is 6.15. The van der Waals surface area contributed by atoms with E-state index in [-0.39, 0.29) is 24.7 Å². The number of primary amides is 1.